The number of carbonyl (C=O) groups excluding carboxylic acids is 2. The molecule has 8 heteroatoms. The van der Waals surface area contributed by atoms with Gasteiger partial charge in [0.2, 0.25) is 6.10 Å². The quantitative estimate of drug-likeness (QED) is 0.190. The van der Waals surface area contributed by atoms with Crippen molar-refractivity contribution in [2.24, 2.45) is 5.92 Å². The summed E-state index contributed by atoms with van der Waals surface area (Å²) in [5.74, 6) is -3.03. The van der Waals surface area contributed by atoms with Gasteiger partial charge in [0.15, 0.2) is 0 Å². The van der Waals surface area contributed by atoms with Crippen molar-refractivity contribution >= 4 is 29.9 Å². The van der Waals surface area contributed by atoms with Crippen LogP contribution in [0.4, 0.5) is 0 Å². The molecule has 0 spiro atoms. The van der Waals surface area contributed by atoms with E-state index in [-0.39, 0.29) is 12.3 Å². The number of ether oxygens (including phenoxy) is 1. The third-order valence-electron chi connectivity index (χ3n) is 5.10. The number of unbranched alkanes of at least 4 members (excludes halogenated alkanes) is 2. The summed E-state index contributed by atoms with van der Waals surface area (Å²) in [5, 5.41) is 20.2. The van der Waals surface area contributed by atoms with Crippen molar-refractivity contribution < 1.29 is 34.1 Å². The highest BCUT2D eigenvalue weighted by Crippen LogP contribution is 2.24. The molecule has 0 heterocycles. The first-order valence-corrected chi connectivity index (χ1v) is 11.5. The Morgan fingerprint density at radius 3 is 2.15 bits per heavy atom. The summed E-state index contributed by atoms with van der Waals surface area (Å²) in [6, 6.07) is 6.59. The lowest BCUT2D eigenvalue weighted by Gasteiger charge is -2.22. The van der Waals surface area contributed by atoms with E-state index in [1.165, 1.54) is 6.08 Å². The number of benzene rings is 1. The highest BCUT2D eigenvalue weighted by atomic mass is 16.5. The maximum Gasteiger partial charge on any atom is 0.328 e. The van der Waals surface area contributed by atoms with Gasteiger partial charge in [-0.05, 0) is 37.3 Å². The van der Waals surface area contributed by atoms with Crippen LogP contribution in [0.2, 0.25) is 0 Å². The number of hydrogen-bond donors (Lipinski definition) is 3. The maximum atomic E-state index is 12.9. The highest BCUT2D eigenvalue weighted by Gasteiger charge is 2.28. The number of carboxylic acid groups (broad SMARTS) is 2. The Labute approximate surface area is 195 Å². The van der Waals surface area contributed by atoms with Gasteiger partial charge in [-0.25, -0.2) is 4.79 Å². The molecule has 0 aliphatic rings. The SMILES string of the molecule is CCCC(CCC)C(=O)OC(C(=O)NCCCCCC(=O)O)c1ccc(/C=C/C(=O)O)cc1. The van der Waals surface area contributed by atoms with Crippen molar-refractivity contribution in [2.75, 3.05) is 6.54 Å². The second-order valence-electron chi connectivity index (χ2n) is 7.92. The van der Waals surface area contributed by atoms with Crippen molar-refractivity contribution in [3.63, 3.8) is 0 Å². The lowest BCUT2D eigenvalue weighted by atomic mass is 9.98. The van der Waals surface area contributed by atoms with E-state index in [0.29, 0.717) is 49.8 Å². The molecule has 1 amide bonds. The van der Waals surface area contributed by atoms with E-state index in [9.17, 15) is 19.2 Å². The Kier molecular flexibility index (Phi) is 13.2. The Morgan fingerprint density at radius 2 is 1.61 bits per heavy atom. The molecule has 0 aliphatic carbocycles. The van der Waals surface area contributed by atoms with Gasteiger partial charge in [0.05, 0.1) is 5.92 Å². The largest absolute Gasteiger partial charge is 0.481 e. The molecule has 0 bridgehead atoms. The van der Waals surface area contributed by atoms with E-state index in [0.717, 1.165) is 18.9 Å². The summed E-state index contributed by atoms with van der Waals surface area (Å²) in [6.07, 6.45) is 6.26. The summed E-state index contributed by atoms with van der Waals surface area (Å²) >= 11 is 0. The second kappa shape index (κ2) is 15.6. The number of carbonyl (C=O) groups is 4. The summed E-state index contributed by atoms with van der Waals surface area (Å²) < 4.78 is 5.67. The van der Waals surface area contributed by atoms with Gasteiger partial charge in [-0.15, -0.1) is 0 Å². The zero-order chi connectivity index (χ0) is 24.6. The molecule has 0 radical (unpaired) electrons. The van der Waals surface area contributed by atoms with Crippen molar-refractivity contribution in [1.82, 2.24) is 5.32 Å². The molecular formula is C25H35NO7. The minimum absolute atomic E-state index is 0.0904. The van der Waals surface area contributed by atoms with E-state index in [2.05, 4.69) is 5.32 Å². The minimum Gasteiger partial charge on any atom is -0.481 e. The summed E-state index contributed by atoms with van der Waals surface area (Å²) in [6.45, 7) is 4.33. The Bertz CT molecular complexity index is 795. The Morgan fingerprint density at radius 1 is 0.970 bits per heavy atom. The van der Waals surface area contributed by atoms with Gasteiger partial charge in [0.1, 0.15) is 0 Å². The molecule has 8 nitrogen and oxygen atoms in total. The standard InChI is InChI=1S/C25H35NO7/c1-3-8-20(9-4-2)25(32)33-23(24(31)26-17-7-5-6-10-21(27)28)19-14-11-18(12-15-19)13-16-22(29)30/h11-16,20,23H,3-10,17H2,1-2H3,(H,26,31)(H,27,28)(H,29,30)/b16-13+. The molecule has 0 saturated heterocycles. The van der Waals surface area contributed by atoms with Crippen LogP contribution in [-0.4, -0.2) is 40.6 Å². The number of hydrogen-bond acceptors (Lipinski definition) is 5. The molecule has 1 rings (SSSR count). The molecule has 1 aromatic carbocycles. The van der Waals surface area contributed by atoms with Gasteiger partial charge in [-0.3, -0.25) is 14.4 Å². The fourth-order valence-corrected chi connectivity index (χ4v) is 3.39. The van der Waals surface area contributed by atoms with Crippen LogP contribution in [0.15, 0.2) is 30.3 Å². The summed E-state index contributed by atoms with van der Waals surface area (Å²) in [7, 11) is 0. The van der Waals surface area contributed by atoms with Gasteiger partial charge >= 0.3 is 17.9 Å². The summed E-state index contributed by atoms with van der Waals surface area (Å²) in [5.41, 5.74) is 1.13. The predicted molar refractivity (Wildman–Crippen MR) is 124 cm³/mol. The molecule has 1 aromatic rings. The zero-order valence-corrected chi connectivity index (χ0v) is 19.4. The molecule has 0 aliphatic heterocycles. The van der Waals surface area contributed by atoms with Crippen LogP contribution in [0.5, 0.6) is 0 Å². The Balaban J connectivity index is 2.91. The van der Waals surface area contributed by atoms with Crippen LogP contribution in [0.1, 0.15) is 82.4 Å². The number of amides is 1. The first-order valence-electron chi connectivity index (χ1n) is 11.5. The highest BCUT2D eigenvalue weighted by molar-refractivity contribution is 5.86. The monoisotopic (exact) mass is 461 g/mol. The fraction of sp³-hybridized carbons (Fsp3) is 0.520. The molecule has 3 N–H and O–H groups in total. The van der Waals surface area contributed by atoms with Gasteiger partial charge in [0, 0.05) is 24.6 Å². The minimum atomic E-state index is -1.12. The molecule has 0 saturated carbocycles. The normalized spacial score (nSPS) is 12.0. The molecule has 33 heavy (non-hydrogen) atoms. The lowest BCUT2D eigenvalue weighted by Crippen LogP contribution is -2.34. The number of aliphatic carboxylic acids is 2. The van der Waals surface area contributed by atoms with E-state index < -0.39 is 29.9 Å². The summed E-state index contributed by atoms with van der Waals surface area (Å²) in [4.78, 5) is 47.0. The third-order valence-corrected chi connectivity index (χ3v) is 5.10. The molecular weight excluding hydrogens is 426 g/mol. The van der Waals surface area contributed by atoms with Crippen LogP contribution < -0.4 is 5.32 Å². The van der Waals surface area contributed by atoms with Crippen LogP contribution in [0.3, 0.4) is 0 Å². The molecule has 1 atom stereocenters. The molecule has 0 fully saturated rings. The average molecular weight is 462 g/mol. The van der Waals surface area contributed by atoms with Gasteiger partial charge in [-0.2, -0.15) is 0 Å². The van der Waals surface area contributed by atoms with Crippen molar-refractivity contribution in [1.29, 1.82) is 0 Å². The van der Waals surface area contributed by atoms with E-state index >= 15 is 0 Å². The van der Waals surface area contributed by atoms with E-state index in [1.54, 1.807) is 24.3 Å². The first-order chi connectivity index (χ1) is 15.8. The third kappa shape index (κ3) is 11.3. The van der Waals surface area contributed by atoms with Crippen LogP contribution in [-0.2, 0) is 23.9 Å². The number of carboxylic acids is 2. The van der Waals surface area contributed by atoms with Crippen LogP contribution in [0.25, 0.3) is 6.08 Å². The van der Waals surface area contributed by atoms with Crippen molar-refractivity contribution in [2.45, 2.75) is 71.3 Å². The zero-order valence-electron chi connectivity index (χ0n) is 19.4. The molecule has 182 valence electrons. The maximum absolute atomic E-state index is 12.9. The predicted octanol–water partition coefficient (Wildman–Crippen LogP) is 4.35. The molecule has 1 unspecified atom stereocenters. The topological polar surface area (TPSA) is 130 Å². The number of esters is 1. The van der Waals surface area contributed by atoms with Crippen molar-refractivity contribution in [3.05, 3.63) is 41.5 Å². The smallest absolute Gasteiger partial charge is 0.328 e. The fourth-order valence-electron chi connectivity index (χ4n) is 3.39. The van der Waals surface area contributed by atoms with E-state index in [1.807, 2.05) is 13.8 Å². The van der Waals surface area contributed by atoms with Gasteiger partial charge < -0.3 is 20.3 Å². The Hall–Kier alpha value is -3.16. The first kappa shape index (κ1) is 27.9. The number of rotatable bonds is 16. The van der Waals surface area contributed by atoms with Crippen LogP contribution >= 0.6 is 0 Å². The number of nitrogens with one attached hydrogen (secondary N) is 1. The van der Waals surface area contributed by atoms with Crippen LogP contribution in [0, 0.1) is 5.92 Å². The van der Waals surface area contributed by atoms with Crippen molar-refractivity contribution in [3.8, 4) is 0 Å². The van der Waals surface area contributed by atoms with Gasteiger partial charge in [0.25, 0.3) is 5.91 Å². The van der Waals surface area contributed by atoms with E-state index in [4.69, 9.17) is 14.9 Å². The second-order valence-corrected chi connectivity index (χ2v) is 7.92. The molecule has 0 aromatic heterocycles. The lowest BCUT2D eigenvalue weighted by molar-refractivity contribution is -0.161. The average Bonchev–Trinajstić information content (AvgIpc) is 2.78. The van der Waals surface area contributed by atoms with Gasteiger partial charge in [-0.1, -0.05) is 57.4 Å².